The number of likely N-dealkylation sites (N-methyl/N-ethyl adjacent to an activating group) is 1. The molecule has 1 saturated heterocycles. The number of hydroxylamine groups is 2. The van der Waals surface area contributed by atoms with Gasteiger partial charge in [0.15, 0.2) is 0 Å². The van der Waals surface area contributed by atoms with Crippen molar-refractivity contribution >= 4 is 77.0 Å². The number of nitrogens with one attached hydrogen (secondary N) is 6. The van der Waals surface area contributed by atoms with E-state index in [2.05, 4.69) is 31.9 Å². The number of amides is 10. The normalized spacial score (nSPS) is 14.6. The highest BCUT2D eigenvalue weighted by Gasteiger charge is 2.39. The molecule has 0 radical (unpaired) electrons. The quantitative estimate of drug-likeness (QED) is 0.0287. The van der Waals surface area contributed by atoms with Gasteiger partial charge in [0.05, 0.1) is 18.5 Å². The highest BCUT2D eigenvalue weighted by Crippen LogP contribution is 2.41. The summed E-state index contributed by atoms with van der Waals surface area (Å²) in [4.78, 5) is 175. The number of halogens is 2. The molecule has 90 heavy (non-hydrogen) atoms. The Bertz CT molecular complexity index is 3090. The minimum Gasteiger partial charge on any atom is -0.481 e. The topological polar surface area (TPSA) is 405 Å². The summed E-state index contributed by atoms with van der Waals surface area (Å²) in [5.41, 5.74) is 5.82. The highest BCUT2D eigenvalue weighted by atomic mass is 19.1. The van der Waals surface area contributed by atoms with Crippen LogP contribution in [0.25, 0.3) is 11.1 Å². The standard InChI is InChI=1S/C60H81F2N11O17/c1-34(66-56(85)36(3)70(7)26-13-9-12-16-52(82)90-73-48(77)20-21-49(73)78)54(83)65-35(2)55(84)69-44(30-46(63)75)58(87)68-42(57(86)64-25-23-47(76)67-43(59(88)89)19-22-51(80)81)24-27-72(50(79)33-74)53(60(4,5)6)45-28-38(40-29-39(61)17-18-41(40)62)32-71(45)31-37-14-10-8-11-15-37/h8,10-11,14-15,17-18,28-29,32,34-36,42-44,53,74H,9,12-13,16,19-27,30-31,33H2,1-7H3,(H2,63,75)(H,64,86)(H,65,83)(H,66,85)(H,67,76)(H,68,87)(H,69,84)(H,80,81)(H,88,89)/t34-,35+,36-,42-,43+,44-,53-/m0/s1. The van der Waals surface area contributed by atoms with Crippen LogP contribution in [0.2, 0.25) is 0 Å². The first-order chi connectivity index (χ1) is 42.3. The van der Waals surface area contributed by atoms with Crippen LogP contribution >= 0.6 is 0 Å². The number of aliphatic hydroxyl groups is 1. The van der Waals surface area contributed by atoms with Crippen LogP contribution in [-0.2, 0) is 73.7 Å². The van der Waals surface area contributed by atoms with Crippen molar-refractivity contribution in [2.75, 3.05) is 33.3 Å². The molecule has 492 valence electrons. The van der Waals surface area contributed by atoms with Crippen LogP contribution in [0, 0.1) is 17.0 Å². The lowest BCUT2D eigenvalue weighted by Crippen LogP contribution is -2.58. The summed E-state index contributed by atoms with van der Waals surface area (Å²) in [6.07, 6.45) is -0.117. The highest BCUT2D eigenvalue weighted by molar-refractivity contribution is 6.01. The van der Waals surface area contributed by atoms with E-state index in [4.69, 9.17) is 15.7 Å². The molecule has 0 bridgehead atoms. The Kier molecular flexibility index (Phi) is 28.1. The molecule has 4 rings (SSSR count). The summed E-state index contributed by atoms with van der Waals surface area (Å²) < 4.78 is 31.8. The Hall–Kier alpha value is -9.19. The molecule has 2 heterocycles. The number of hydrogen-bond acceptors (Lipinski definition) is 16. The molecular formula is C60H81F2N11O17. The SMILES string of the molecule is C[C@H](NC(=O)[C@H](C)N(C)CCCCCC(=O)ON1C(=O)CCC1=O)C(=O)N[C@H](C)C(=O)N[C@@H](CC(N)=O)C(=O)N[C@@H](CCN(C(=O)CO)[C@@H](c1cc(-c2cc(F)ccc2F)cn1Cc1ccccc1)C(C)(C)C)C(=O)NCCC(=O)N[C@H](CCC(=O)O)C(=O)O. The minimum absolute atomic E-state index is 0.0321. The van der Waals surface area contributed by atoms with Crippen molar-refractivity contribution in [1.82, 2.24) is 51.3 Å². The molecule has 1 aromatic heterocycles. The van der Waals surface area contributed by atoms with E-state index in [0.717, 1.165) is 23.8 Å². The van der Waals surface area contributed by atoms with Crippen molar-refractivity contribution in [2.24, 2.45) is 11.1 Å². The molecule has 0 aliphatic carbocycles. The van der Waals surface area contributed by atoms with Gasteiger partial charge in [0.1, 0.15) is 48.5 Å². The van der Waals surface area contributed by atoms with E-state index in [-0.39, 0.29) is 36.9 Å². The lowest BCUT2D eigenvalue weighted by atomic mass is 9.82. The Morgan fingerprint density at radius 3 is 1.93 bits per heavy atom. The van der Waals surface area contributed by atoms with Gasteiger partial charge >= 0.3 is 17.9 Å². The Labute approximate surface area is 518 Å². The van der Waals surface area contributed by atoms with Gasteiger partial charge in [0.2, 0.25) is 47.3 Å². The predicted molar refractivity (Wildman–Crippen MR) is 316 cm³/mol. The summed E-state index contributed by atoms with van der Waals surface area (Å²) >= 11 is 0. The summed E-state index contributed by atoms with van der Waals surface area (Å²) in [6, 6.07) is 3.83. The average molecular weight is 1270 g/mol. The first kappa shape index (κ1) is 73.3. The van der Waals surface area contributed by atoms with E-state index in [9.17, 15) is 76.9 Å². The monoisotopic (exact) mass is 1270 g/mol. The number of unbranched alkanes of at least 4 members (excludes halogenated alkanes) is 2. The Balaban J connectivity index is 1.54. The molecule has 3 aromatic rings. The van der Waals surface area contributed by atoms with E-state index in [1.54, 1.807) is 74.7 Å². The fraction of sp³-hybridized carbons (Fsp3) is 0.517. The van der Waals surface area contributed by atoms with Gasteiger partial charge in [-0.05, 0) is 95.3 Å². The van der Waals surface area contributed by atoms with Crippen molar-refractivity contribution in [2.45, 2.75) is 161 Å². The number of hydrogen-bond donors (Lipinski definition) is 10. The first-order valence-corrected chi connectivity index (χ1v) is 29.2. The number of aliphatic carboxylic acids is 2. The zero-order valence-corrected chi connectivity index (χ0v) is 51.3. The molecule has 28 nitrogen and oxygen atoms in total. The molecule has 0 unspecified atom stereocenters. The molecule has 10 amide bonds. The second-order valence-corrected chi connectivity index (χ2v) is 22.9. The van der Waals surface area contributed by atoms with Gasteiger partial charge in [-0.25, -0.2) is 18.4 Å². The predicted octanol–water partition coefficient (Wildman–Crippen LogP) is 1.06. The molecule has 30 heteroatoms. The van der Waals surface area contributed by atoms with Crippen molar-refractivity contribution in [1.29, 1.82) is 0 Å². The zero-order chi connectivity index (χ0) is 67.2. The number of carbonyl (C=O) groups excluding carboxylic acids is 11. The number of carboxylic acids is 2. The van der Waals surface area contributed by atoms with Crippen molar-refractivity contribution in [3.63, 3.8) is 0 Å². The average Bonchev–Trinajstić information content (AvgIpc) is 1.68. The van der Waals surface area contributed by atoms with Gasteiger partial charge < -0.3 is 67.3 Å². The second-order valence-electron chi connectivity index (χ2n) is 22.9. The maximum absolute atomic E-state index is 15.5. The lowest BCUT2D eigenvalue weighted by molar-refractivity contribution is -0.197. The van der Waals surface area contributed by atoms with Crippen LogP contribution < -0.4 is 37.6 Å². The van der Waals surface area contributed by atoms with Gasteiger partial charge in [0, 0.05) is 74.8 Å². The third kappa shape index (κ3) is 22.8. The first-order valence-electron chi connectivity index (χ1n) is 29.2. The number of imide groups is 1. The number of carbonyl (C=O) groups is 13. The van der Waals surface area contributed by atoms with Crippen LogP contribution in [-0.4, -0.2) is 181 Å². The summed E-state index contributed by atoms with van der Waals surface area (Å²) in [5.74, 6) is -13.8. The van der Waals surface area contributed by atoms with Gasteiger partial charge in [-0.15, -0.1) is 5.06 Å². The van der Waals surface area contributed by atoms with Crippen LogP contribution in [0.3, 0.4) is 0 Å². The zero-order valence-electron chi connectivity index (χ0n) is 51.3. The van der Waals surface area contributed by atoms with Crippen LogP contribution in [0.15, 0.2) is 60.8 Å². The van der Waals surface area contributed by atoms with Gasteiger partial charge in [-0.3, -0.25) is 57.6 Å². The third-order valence-corrected chi connectivity index (χ3v) is 14.6. The second kappa shape index (κ2) is 34.5. The number of nitrogens with zero attached hydrogens (tertiary/aromatic N) is 4. The van der Waals surface area contributed by atoms with E-state index in [1.807, 2.05) is 12.1 Å². The molecule has 2 aromatic carbocycles. The third-order valence-electron chi connectivity index (χ3n) is 14.6. The Morgan fingerprint density at radius 1 is 0.711 bits per heavy atom. The molecule has 7 atom stereocenters. The number of primary amides is 1. The fourth-order valence-electron chi connectivity index (χ4n) is 9.64. The maximum atomic E-state index is 15.5. The van der Waals surface area contributed by atoms with Crippen LogP contribution in [0.4, 0.5) is 8.78 Å². The molecule has 1 aliphatic rings. The number of aliphatic hydroxyl groups excluding tert-OH is 1. The molecular weight excluding hydrogens is 1180 g/mol. The van der Waals surface area contributed by atoms with Crippen molar-refractivity contribution in [3.05, 3.63) is 83.7 Å². The smallest absolute Gasteiger partial charge is 0.333 e. The number of aromatic nitrogens is 1. The van der Waals surface area contributed by atoms with E-state index < -0.39 is 188 Å². The van der Waals surface area contributed by atoms with E-state index in [0.29, 0.717) is 36.6 Å². The Morgan fingerprint density at radius 2 is 1.33 bits per heavy atom. The largest absolute Gasteiger partial charge is 0.481 e. The summed E-state index contributed by atoms with van der Waals surface area (Å²) in [7, 11) is 1.66. The van der Waals surface area contributed by atoms with E-state index in [1.165, 1.54) is 18.7 Å². The number of carboxylic acid groups (broad SMARTS) is 2. The number of benzene rings is 2. The minimum atomic E-state index is -1.84. The summed E-state index contributed by atoms with van der Waals surface area (Å²) in [6.45, 7) is 7.92. The van der Waals surface area contributed by atoms with Gasteiger partial charge in [0.25, 0.3) is 11.8 Å². The molecule has 0 saturated carbocycles. The number of nitrogens with two attached hydrogens (primary N) is 1. The van der Waals surface area contributed by atoms with Crippen molar-refractivity contribution in [3.8, 4) is 11.1 Å². The van der Waals surface area contributed by atoms with Gasteiger partial charge in [-0.1, -0.05) is 57.5 Å². The van der Waals surface area contributed by atoms with Crippen LogP contribution in [0.1, 0.15) is 129 Å². The summed E-state index contributed by atoms with van der Waals surface area (Å²) in [5, 5.41) is 44.0. The molecule has 11 N–H and O–H groups in total. The fourth-order valence-corrected chi connectivity index (χ4v) is 9.64. The van der Waals surface area contributed by atoms with Crippen molar-refractivity contribution < 1.29 is 91.3 Å². The molecule has 0 spiro atoms. The van der Waals surface area contributed by atoms with E-state index >= 15 is 4.39 Å². The molecule has 1 aliphatic heterocycles. The maximum Gasteiger partial charge on any atom is 0.333 e. The lowest BCUT2D eigenvalue weighted by Gasteiger charge is -2.41. The van der Waals surface area contributed by atoms with Crippen LogP contribution in [0.5, 0.6) is 0 Å². The number of rotatable bonds is 36. The molecule has 1 fully saturated rings. The van der Waals surface area contributed by atoms with Gasteiger partial charge in [-0.2, -0.15) is 0 Å².